The lowest BCUT2D eigenvalue weighted by Gasteiger charge is -2.14. The highest BCUT2D eigenvalue weighted by Gasteiger charge is 2.39. The first kappa shape index (κ1) is 14.3. The van der Waals surface area contributed by atoms with E-state index >= 15 is 0 Å². The van der Waals surface area contributed by atoms with E-state index in [-0.39, 0.29) is 18.0 Å². The summed E-state index contributed by atoms with van der Waals surface area (Å²) in [4.78, 5) is 2.77. The Bertz CT molecular complexity index is 524. The first-order valence-electron chi connectivity index (χ1n) is 4.48. The van der Waals surface area contributed by atoms with Gasteiger partial charge in [-0.3, -0.25) is 0 Å². The number of fused-ring (bicyclic) bond motifs is 1. The predicted molar refractivity (Wildman–Crippen MR) is 66.2 cm³/mol. The number of benzene rings is 1. The minimum atomic E-state index is -4.43. The average molecular weight is 330 g/mol. The third-order valence-electron chi connectivity index (χ3n) is 2.36. The fourth-order valence-corrected chi connectivity index (χ4v) is 1.91. The summed E-state index contributed by atoms with van der Waals surface area (Å²) in [6.07, 6.45) is -3.13. The molecule has 0 unspecified atom stereocenters. The van der Waals surface area contributed by atoms with Crippen LogP contribution in [0.15, 0.2) is 28.9 Å². The topological polar surface area (TPSA) is 41.8 Å². The van der Waals surface area contributed by atoms with Crippen LogP contribution in [0.25, 0.3) is 10.9 Å². The lowest BCUT2D eigenvalue weighted by atomic mass is 10.1. The van der Waals surface area contributed by atoms with Crippen molar-refractivity contribution in [2.75, 3.05) is 0 Å². The average Bonchev–Trinajstić information content (AvgIpc) is 2.57. The summed E-state index contributed by atoms with van der Waals surface area (Å²) in [7, 11) is 0. The molecule has 0 aliphatic carbocycles. The largest absolute Gasteiger partial charge is 0.407 e. The van der Waals surface area contributed by atoms with Crippen LogP contribution in [0.1, 0.15) is 11.6 Å². The summed E-state index contributed by atoms with van der Waals surface area (Å²) in [5.41, 5.74) is 5.87. The van der Waals surface area contributed by atoms with E-state index in [0.717, 1.165) is 4.47 Å². The number of H-pyrrole nitrogens is 1. The predicted octanol–water partition coefficient (Wildman–Crippen LogP) is 3.91. The molecule has 2 nitrogen and oxygen atoms in total. The maximum Gasteiger partial charge on any atom is 0.407 e. The van der Waals surface area contributed by atoms with Gasteiger partial charge in [-0.25, -0.2) is 0 Å². The van der Waals surface area contributed by atoms with Crippen LogP contribution in [-0.4, -0.2) is 11.2 Å². The van der Waals surface area contributed by atoms with Crippen molar-refractivity contribution in [1.29, 1.82) is 0 Å². The van der Waals surface area contributed by atoms with E-state index in [4.69, 9.17) is 5.73 Å². The Kier molecular flexibility index (Phi) is 4.11. The summed E-state index contributed by atoms with van der Waals surface area (Å²) < 4.78 is 38.2. The second-order valence-electron chi connectivity index (χ2n) is 3.45. The number of nitrogens with one attached hydrogen (secondary N) is 1. The SMILES string of the molecule is Cl.N[C@@H](c1c[nH]c2ccc(Br)cc12)C(F)(F)F. The summed E-state index contributed by atoms with van der Waals surface area (Å²) in [5, 5.41) is 0.485. The summed E-state index contributed by atoms with van der Waals surface area (Å²) >= 11 is 3.21. The molecule has 1 aromatic heterocycles. The maximum absolute atomic E-state index is 12.5. The van der Waals surface area contributed by atoms with Crippen LogP contribution >= 0.6 is 28.3 Å². The Morgan fingerprint density at radius 1 is 1.29 bits per heavy atom. The zero-order valence-electron chi connectivity index (χ0n) is 8.38. The second-order valence-corrected chi connectivity index (χ2v) is 4.37. The molecule has 0 aliphatic heterocycles. The van der Waals surface area contributed by atoms with Gasteiger partial charge in [0.05, 0.1) is 0 Å². The number of hydrogen-bond acceptors (Lipinski definition) is 1. The Hall–Kier alpha value is -0.720. The number of aromatic amines is 1. The van der Waals surface area contributed by atoms with Crippen LogP contribution < -0.4 is 5.73 Å². The normalized spacial score (nSPS) is 13.5. The zero-order valence-corrected chi connectivity index (χ0v) is 10.8. The van der Waals surface area contributed by atoms with Gasteiger partial charge >= 0.3 is 6.18 Å². The molecule has 0 radical (unpaired) electrons. The van der Waals surface area contributed by atoms with E-state index in [0.29, 0.717) is 10.9 Å². The number of aromatic nitrogens is 1. The van der Waals surface area contributed by atoms with Gasteiger partial charge in [0.2, 0.25) is 0 Å². The first-order chi connectivity index (χ1) is 7.39. The molecule has 0 aliphatic rings. The maximum atomic E-state index is 12.5. The second kappa shape index (κ2) is 4.88. The van der Waals surface area contributed by atoms with Crippen molar-refractivity contribution in [2.45, 2.75) is 12.2 Å². The van der Waals surface area contributed by atoms with Crippen molar-refractivity contribution in [2.24, 2.45) is 5.73 Å². The number of hydrogen-bond donors (Lipinski definition) is 2. The Morgan fingerprint density at radius 3 is 2.53 bits per heavy atom. The summed E-state index contributed by atoms with van der Waals surface area (Å²) in [5.74, 6) is 0. The van der Waals surface area contributed by atoms with Crippen LogP contribution in [0.5, 0.6) is 0 Å². The fourth-order valence-electron chi connectivity index (χ4n) is 1.55. The lowest BCUT2D eigenvalue weighted by molar-refractivity contribution is -0.148. The van der Waals surface area contributed by atoms with E-state index in [1.165, 1.54) is 6.20 Å². The highest BCUT2D eigenvalue weighted by atomic mass is 79.9. The molecule has 7 heteroatoms. The molecule has 0 saturated heterocycles. The smallest absolute Gasteiger partial charge is 0.361 e. The van der Waals surface area contributed by atoms with Crippen LogP contribution in [0.2, 0.25) is 0 Å². The summed E-state index contributed by atoms with van der Waals surface area (Å²) in [6, 6.07) is 3.11. The number of alkyl halides is 3. The van der Waals surface area contributed by atoms with E-state index < -0.39 is 12.2 Å². The highest BCUT2D eigenvalue weighted by Crippen LogP contribution is 2.35. The zero-order chi connectivity index (χ0) is 11.9. The van der Waals surface area contributed by atoms with Gasteiger partial charge in [0, 0.05) is 27.1 Å². The van der Waals surface area contributed by atoms with E-state index in [2.05, 4.69) is 20.9 Å². The van der Waals surface area contributed by atoms with E-state index in [9.17, 15) is 13.2 Å². The molecular weight excluding hydrogens is 320 g/mol. The van der Waals surface area contributed by atoms with Crippen molar-refractivity contribution >= 4 is 39.2 Å². The van der Waals surface area contributed by atoms with Crippen LogP contribution in [0.3, 0.4) is 0 Å². The van der Waals surface area contributed by atoms with Gasteiger partial charge in [-0.1, -0.05) is 15.9 Å². The van der Waals surface area contributed by atoms with Crippen molar-refractivity contribution in [1.82, 2.24) is 4.98 Å². The van der Waals surface area contributed by atoms with Crippen molar-refractivity contribution in [3.63, 3.8) is 0 Å². The van der Waals surface area contributed by atoms with Crippen molar-refractivity contribution in [3.05, 3.63) is 34.4 Å². The Labute approximate surface area is 110 Å². The molecular formula is C10H9BrClF3N2. The molecule has 2 rings (SSSR count). The fraction of sp³-hybridized carbons (Fsp3) is 0.200. The minimum Gasteiger partial charge on any atom is -0.361 e. The van der Waals surface area contributed by atoms with Gasteiger partial charge < -0.3 is 10.7 Å². The molecule has 1 aromatic carbocycles. The van der Waals surface area contributed by atoms with Crippen LogP contribution in [-0.2, 0) is 0 Å². The van der Waals surface area contributed by atoms with Gasteiger partial charge in [0.25, 0.3) is 0 Å². The lowest BCUT2D eigenvalue weighted by Crippen LogP contribution is -2.28. The number of halogens is 5. The molecule has 1 atom stereocenters. The molecule has 0 saturated carbocycles. The minimum absolute atomic E-state index is 0. The van der Waals surface area contributed by atoms with E-state index in [1.807, 2.05) is 0 Å². The number of rotatable bonds is 1. The molecule has 0 spiro atoms. The van der Waals surface area contributed by atoms with Crippen LogP contribution in [0.4, 0.5) is 13.2 Å². The molecule has 0 amide bonds. The van der Waals surface area contributed by atoms with Crippen molar-refractivity contribution < 1.29 is 13.2 Å². The standard InChI is InChI=1S/C10H8BrF3N2.ClH/c11-5-1-2-8-6(3-5)7(4-16-8)9(15)10(12,13)14;/h1-4,9,16H,15H2;1H/t9-;/m0./s1. The molecule has 0 bridgehead atoms. The molecule has 3 N–H and O–H groups in total. The first-order valence-corrected chi connectivity index (χ1v) is 5.27. The van der Waals surface area contributed by atoms with E-state index in [1.54, 1.807) is 18.2 Å². The molecule has 94 valence electrons. The quantitative estimate of drug-likeness (QED) is 0.818. The van der Waals surface area contributed by atoms with Gasteiger partial charge in [0.15, 0.2) is 0 Å². The van der Waals surface area contributed by atoms with Crippen molar-refractivity contribution in [3.8, 4) is 0 Å². The number of nitrogens with two attached hydrogens (primary N) is 1. The molecule has 17 heavy (non-hydrogen) atoms. The van der Waals surface area contributed by atoms with Gasteiger partial charge in [-0.2, -0.15) is 13.2 Å². The van der Waals surface area contributed by atoms with Gasteiger partial charge in [-0.05, 0) is 18.2 Å². The Morgan fingerprint density at radius 2 is 1.94 bits per heavy atom. The van der Waals surface area contributed by atoms with Crippen LogP contribution in [0, 0.1) is 0 Å². The monoisotopic (exact) mass is 328 g/mol. The Balaban J connectivity index is 0.00000144. The molecule has 1 heterocycles. The molecule has 2 aromatic rings. The third kappa shape index (κ3) is 2.75. The molecule has 0 fully saturated rings. The van der Waals surface area contributed by atoms with Gasteiger partial charge in [0.1, 0.15) is 6.04 Å². The summed E-state index contributed by atoms with van der Waals surface area (Å²) in [6.45, 7) is 0. The van der Waals surface area contributed by atoms with Gasteiger partial charge in [-0.15, -0.1) is 12.4 Å². The highest BCUT2D eigenvalue weighted by molar-refractivity contribution is 9.10. The third-order valence-corrected chi connectivity index (χ3v) is 2.86.